The van der Waals surface area contributed by atoms with E-state index in [0.717, 1.165) is 0 Å². The molecule has 0 aliphatic rings. The van der Waals surface area contributed by atoms with Crippen LogP contribution in [0.25, 0.3) is 0 Å². The molecule has 1 N–H and O–H groups in total. The molecule has 18 heavy (non-hydrogen) atoms. The molecule has 1 unspecified atom stereocenters. The highest BCUT2D eigenvalue weighted by Gasteiger charge is 2.28. The van der Waals surface area contributed by atoms with Crippen LogP contribution >= 0.6 is 0 Å². The van der Waals surface area contributed by atoms with Gasteiger partial charge in [0.1, 0.15) is 11.2 Å². The number of nitrogens with one attached hydrogen (secondary N) is 1. The maximum Gasteiger partial charge on any atom is 0.240 e. The summed E-state index contributed by atoms with van der Waals surface area (Å²) in [6.45, 7) is 6.53. The number of nitriles is 1. The number of rotatable bonds is 3. The first-order valence-electron chi connectivity index (χ1n) is 5.76. The van der Waals surface area contributed by atoms with E-state index in [1.165, 1.54) is 6.07 Å². The fourth-order valence-electron chi connectivity index (χ4n) is 1.39. The Bertz CT molecular complexity index is 503. The highest BCUT2D eigenvalue weighted by atomic mass is 19.1. The van der Waals surface area contributed by atoms with E-state index in [0.29, 0.717) is 11.1 Å². The Balaban J connectivity index is 2.83. The van der Waals surface area contributed by atoms with Gasteiger partial charge in [0, 0.05) is 0 Å². The largest absolute Gasteiger partial charge is 0.348 e. The smallest absolute Gasteiger partial charge is 0.240 e. The highest BCUT2D eigenvalue weighted by Crippen LogP contribution is 2.19. The first-order chi connectivity index (χ1) is 8.27. The lowest BCUT2D eigenvalue weighted by Gasteiger charge is -2.20. The van der Waals surface area contributed by atoms with Crippen LogP contribution in [0.1, 0.15) is 37.9 Å². The third kappa shape index (κ3) is 3.07. The Morgan fingerprint density at radius 3 is 2.61 bits per heavy atom. The van der Waals surface area contributed by atoms with E-state index in [2.05, 4.69) is 5.32 Å². The van der Waals surface area contributed by atoms with Crippen molar-refractivity contribution in [2.45, 2.75) is 33.7 Å². The third-order valence-electron chi connectivity index (χ3n) is 2.89. The topological polar surface area (TPSA) is 52.9 Å². The summed E-state index contributed by atoms with van der Waals surface area (Å²) in [6.07, 6.45) is 0. The van der Waals surface area contributed by atoms with Crippen molar-refractivity contribution in [2.75, 3.05) is 0 Å². The normalized spacial score (nSPS) is 12.7. The Morgan fingerprint density at radius 2 is 2.11 bits per heavy atom. The van der Waals surface area contributed by atoms with Crippen LogP contribution in [0.2, 0.25) is 0 Å². The Labute approximate surface area is 107 Å². The number of hydrogen-bond donors (Lipinski definition) is 1. The maximum absolute atomic E-state index is 13.4. The zero-order valence-electron chi connectivity index (χ0n) is 11.0. The van der Waals surface area contributed by atoms with Gasteiger partial charge in [-0.2, -0.15) is 5.26 Å². The second-order valence-corrected chi connectivity index (χ2v) is 4.94. The molecule has 4 heteroatoms. The number of nitrogens with zero attached hydrogens (tertiary/aromatic N) is 1. The molecule has 0 bridgehead atoms. The lowest BCUT2D eigenvalue weighted by molar-refractivity contribution is -0.127. The van der Waals surface area contributed by atoms with Crippen molar-refractivity contribution in [3.8, 4) is 6.07 Å². The lowest BCUT2D eigenvalue weighted by atomic mass is 9.94. The first kappa shape index (κ1) is 14.2. The van der Waals surface area contributed by atoms with Crippen molar-refractivity contribution in [2.24, 2.45) is 5.41 Å². The average molecular weight is 248 g/mol. The number of halogens is 1. The minimum atomic E-state index is -1.09. The van der Waals surface area contributed by atoms with Gasteiger partial charge in [0.15, 0.2) is 0 Å². The number of amides is 1. The van der Waals surface area contributed by atoms with Crippen LogP contribution in [0.3, 0.4) is 0 Å². The summed E-state index contributed by atoms with van der Waals surface area (Å²) in [4.78, 5) is 11.8. The van der Waals surface area contributed by atoms with Gasteiger partial charge < -0.3 is 5.32 Å². The number of carbonyl (C=O) groups is 1. The molecule has 1 amide bonds. The van der Waals surface area contributed by atoms with Crippen LogP contribution in [-0.2, 0) is 4.79 Å². The second-order valence-electron chi connectivity index (χ2n) is 4.94. The summed E-state index contributed by atoms with van der Waals surface area (Å²) in [5.41, 5.74) is 0.159. The number of benzene rings is 1. The van der Waals surface area contributed by atoms with Crippen molar-refractivity contribution in [1.29, 1.82) is 5.26 Å². The van der Waals surface area contributed by atoms with Crippen LogP contribution in [-0.4, -0.2) is 5.91 Å². The van der Waals surface area contributed by atoms with E-state index in [4.69, 9.17) is 5.26 Å². The first-order valence-corrected chi connectivity index (χ1v) is 5.76. The van der Waals surface area contributed by atoms with Crippen molar-refractivity contribution >= 4 is 5.91 Å². The summed E-state index contributed by atoms with van der Waals surface area (Å²) in [7, 11) is 0. The minimum absolute atomic E-state index is 0.298. The van der Waals surface area contributed by atoms with Crippen molar-refractivity contribution in [3.63, 3.8) is 0 Å². The number of hydrogen-bond acceptors (Lipinski definition) is 2. The average Bonchev–Trinajstić information content (AvgIpc) is 2.32. The molecule has 1 rings (SSSR count). The zero-order chi connectivity index (χ0) is 13.9. The number of carbonyl (C=O) groups excluding carboxylic acids is 1. The molecule has 1 aromatic rings. The molecule has 0 fully saturated rings. The summed E-state index contributed by atoms with van der Waals surface area (Å²) in [6, 6.07) is 6.44. The van der Waals surface area contributed by atoms with Crippen LogP contribution in [0, 0.1) is 29.5 Å². The monoisotopic (exact) mass is 248 g/mol. The van der Waals surface area contributed by atoms with Gasteiger partial charge in [-0.3, -0.25) is 4.79 Å². The molecule has 1 aromatic carbocycles. The standard InChI is InChI=1S/C14H17FN2O/c1-9-5-6-11(7-12(9)15)10(2)17-13(18)14(3,4)8-16/h5-7,10H,1-4H3,(H,17,18). The summed E-state index contributed by atoms with van der Waals surface area (Å²) in [5.74, 6) is -0.661. The fraction of sp³-hybridized carbons (Fsp3) is 0.429. The molecule has 96 valence electrons. The van der Waals surface area contributed by atoms with Gasteiger partial charge in [-0.25, -0.2) is 4.39 Å². The van der Waals surface area contributed by atoms with Gasteiger partial charge in [0.05, 0.1) is 12.1 Å². The van der Waals surface area contributed by atoms with Crippen LogP contribution in [0.15, 0.2) is 18.2 Å². The predicted octanol–water partition coefficient (Wildman–Crippen LogP) is 2.86. The molecule has 0 aromatic heterocycles. The molecule has 1 atom stereocenters. The van der Waals surface area contributed by atoms with Crippen molar-refractivity contribution in [1.82, 2.24) is 5.32 Å². The second kappa shape index (κ2) is 5.18. The van der Waals surface area contributed by atoms with E-state index < -0.39 is 5.41 Å². The Morgan fingerprint density at radius 1 is 1.50 bits per heavy atom. The summed E-state index contributed by atoms with van der Waals surface area (Å²) < 4.78 is 13.4. The van der Waals surface area contributed by atoms with Crippen LogP contribution in [0.4, 0.5) is 4.39 Å². The molecule has 0 aliphatic carbocycles. The molecule has 0 radical (unpaired) electrons. The van der Waals surface area contributed by atoms with E-state index >= 15 is 0 Å². The summed E-state index contributed by atoms with van der Waals surface area (Å²) in [5, 5.41) is 11.6. The summed E-state index contributed by atoms with van der Waals surface area (Å²) >= 11 is 0. The van der Waals surface area contributed by atoms with Gasteiger partial charge in [-0.05, 0) is 44.9 Å². The molecule has 0 saturated carbocycles. The minimum Gasteiger partial charge on any atom is -0.348 e. The predicted molar refractivity (Wildman–Crippen MR) is 67.1 cm³/mol. The Hall–Kier alpha value is -1.89. The quantitative estimate of drug-likeness (QED) is 0.894. The van der Waals surface area contributed by atoms with Crippen molar-refractivity contribution in [3.05, 3.63) is 35.1 Å². The molecule has 0 aliphatic heterocycles. The van der Waals surface area contributed by atoms with Crippen molar-refractivity contribution < 1.29 is 9.18 Å². The van der Waals surface area contributed by atoms with E-state index in [1.54, 1.807) is 39.8 Å². The molecule has 0 saturated heterocycles. The van der Waals surface area contributed by atoms with E-state index in [1.807, 2.05) is 6.07 Å². The van der Waals surface area contributed by atoms with Crippen LogP contribution in [0.5, 0.6) is 0 Å². The van der Waals surface area contributed by atoms with E-state index in [-0.39, 0.29) is 17.8 Å². The zero-order valence-corrected chi connectivity index (χ0v) is 11.0. The highest BCUT2D eigenvalue weighted by molar-refractivity contribution is 5.84. The van der Waals surface area contributed by atoms with E-state index in [9.17, 15) is 9.18 Å². The van der Waals surface area contributed by atoms with Gasteiger partial charge >= 0.3 is 0 Å². The van der Waals surface area contributed by atoms with Gasteiger partial charge in [0.25, 0.3) is 0 Å². The lowest BCUT2D eigenvalue weighted by Crippen LogP contribution is -2.37. The number of aryl methyl sites for hydroxylation is 1. The molecular formula is C14H17FN2O. The maximum atomic E-state index is 13.4. The SMILES string of the molecule is Cc1ccc(C(C)NC(=O)C(C)(C)C#N)cc1F. The Kier molecular flexibility index (Phi) is 4.07. The fourth-order valence-corrected chi connectivity index (χ4v) is 1.39. The molecule has 3 nitrogen and oxygen atoms in total. The molecule has 0 heterocycles. The van der Waals surface area contributed by atoms with Crippen LogP contribution < -0.4 is 5.32 Å². The van der Waals surface area contributed by atoms with Gasteiger partial charge in [-0.15, -0.1) is 0 Å². The molecule has 0 spiro atoms. The third-order valence-corrected chi connectivity index (χ3v) is 2.89. The molecular weight excluding hydrogens is 231 g/mol. The van der Waals surface area contributed by atoms with Gasteiger partial charge in [-0.1, -0.05) is 12.1 Å². The van der Waals surface area contributed by atoms with Gasteiger partial charge in [0.2, 0.25) is 5.91 Å².